The van der Waals surface area contributed by atoms with Crippen LogP contribution in [0.1, 0.15) is 70.5 Å². The second-order valence-corrected chi connectivity index (χ2v) is 28.7. The molecule has 1 aromatic carbocycles. The number of aromatic nitrogens is 1. The molecule has 2 saturated carbocycles. The van der Waals surface area contributed by atoms with E-state index in [1.165, 1.54) is 45.5 Å². The molecule has 0 spiro atoms. The number of pyridine rings is 1. The zero-order valence-corrected chi connectivity index (χ0v) is 37.1. The van der Waals surface area contributed by atoms with Crippen molar-refractivity contribution < 1.29 is 9.05 Å². The number of hydrogen-bond acceptors (Lipinski definition) is 0. The summed E-state index contributed by atoms with van der Waals surface area (Å²) >= 11 is 2.76. The maximum absolute atomic E-state index is 5.08. The minimum Gasteiger partial charge on any atom is -0.257 e. The molecule has 0 N–H and O–H groups in total. The van der Waals surface area contributed by atoms with Gasteiger partial charge in [-0.2, -0.15) is 11.8 Å². The van der Waals surface area contributed by atoms with Crippen molar-refractivity contribution in [3.8, 4) is 11.3 Å². The van der Waals surface area contributed by atoms with Crippen molar-refractivity contribution in [3.05, 3.63) is 154 Å². The lowest BCUT2D eigenvalue weighted by Crippen LogP contribution is -2.46. The lowest BCUT2D eigenvalue weighted by Gasteiger charge is -2.39. The Balaban J connectivity index is 1.15. The third kappa shape index (κ3) is 5.39. The van der Waals surface area contributed by atoms with Gasteiger partial charge in [0.25, 0.3) is 0 Å². The Bertz CT molecular complexity index is 2300. The summed E-state index contributed by atoms with van der Waals surface area (Å²) < 4.78 is 3.58. The molecule has 0 amide bonds. The Morgan fingerprint density at radius 2 is 1.76 bits per heavy atom. The van der Waals surface area contributed by atoms with Gasteiger partial charge in [0.05, 0.1) is 29.0 Å². The summed E-state index contributed by atoms with van der Waals surface area (Å²) in [6.45, 7) is 17.0. The Morgan fingerprint density at radius 3 is 2.49 bits per heavy atom. The zero-order valence-electron chi connectivity index (χ0n) is 34.1. The van der Waals surface area contributed by atoms with E-state index < -0.39 is 7.20 Å². The van der Waals surface area contributed by atoms with Gasteiger partial charge in [-0.3, -0.25) is 4.48 Å². The first-order valence-corrected chi connectivity index (χ1v) is 26.0. The Kier molecular flexibility index (Phi) is 8.46. The van der Waals surface area contributed by atoms with Gasteiger partial charge in [0, 0.05) is 28.7 Å². The van der Waals surface area contributed by atoms with Gasteiger partial charge in [0.15, 0.2) is 17.9 Å². The van der Waals surface area contributed by atoms with Crippen LogP contribution in [0.15, 0.2) is 148 Å². The predicted octanol–water partition coefficient (Wildman–Crippen LogP) is 12.5. The monoisotopic (exact) mass is 858 g/mol. The number of rotatable bonds is 5. The Labute approximate surface area is 344 Å². The van der Waals surface area contributed by atoms with Gasteiger partial charge in [0.1, 0.15) is 12.2 Å². The molecule has 0 radical (unpaired) electrons. The summed E-state index contributed by atoms with van der Waals surface area (Å²) in [4.78, 5) is 1.57. The summed E-state index contributed by atoms with van der Waals surface area (Å²) in [5.41, 5.74) is 16.8. The van der Waals surface area contributed by atoms with Crippen molar-refractivity contribution >= 4 is 28.4 Å². The third-order valence-electron chi connectivity index (χ3n) is 14.8. The van der Waals surface area contributed by atoms with Crippen LogP contribution in [0.4, 0.5) is 0 Å². The number of hydrogen-bond donors (Lipinski definition) is 0. The van der Waals surface area contributed by atoms with E-state index in [-0.39, 0.29) is 0 Å². The van der Waals surface area contributed by atoms with Gasteiger partial charge in [-0.05, 0) is 130 Å². The van der Waals surface area contributed by atoms with E-state index in [4.69, 9.17) is 6.58 Å². The van der Waals surface area contributed by atoms with Crippen molar-refractivity contribution in [2.24, 2.45) is 47.3 Å². The maximum atomic E-state index is 5.08. The molecule has 3 aliphatic heterocycles. The highest BCUT2D eigenvalue weighted by molar-refractivity contribution is 14.2. The molecule has 10 atom stereocenters. The van der Waals surface area contributed by atoms with Gasteiger partial charge in [0.2, 0.25) is 5.69 Å². The number of quaternary nitrogens is 1. The molecule has 2 fully saturated rings. The smallest absolute Gasteiger partial charge is 0.213 e. The Morgan fingerprint density at radius 1 is 0.964 bits per heavy atom. The molecule has 1 aromatic heterocycles. The molecule has 2 aromatic rings. The quantitative estimate of drug-likeness (QED) is 0.122. The SMILES string of the molecule is C=C1C2CC(C3C=CC=CC3)C=CC2C2C=CC3=C(C12)C1C=C(C(C)C)C(C)=C[N+]1(C)/C3=C1/C2c3ccccc3-c3cc(CC(C)C)c(S(C)(C)I)c[n+]3C12. The van der Waals surface area contributed by atoms with Crippen LogP contribution < -0.4 is 4.57 Å². The normalized spacial score (nSPS) is 36.6. The molecule has 284 valence electrons. The van der Waals surface area contributed by atoms with Gasteiger partial charge >= 0.3 is 0 Å². The van der Waals surface area contributed by atoms with Crippen molar-refractivity contribution in [3.63, 3.8) is 0 Å². The molecule has 2 nitrogen and oxygen atoms in total. The van der Waals surface area contributed by atoms with Crippen molar-refractivity contribution in [1.29, 1.82) is 0 Å². The van der Waals surface area contributed by atoms with Gasteiger partial charge < -0.3 is 0 Å². The fourth-order valence-electron chi connectivity index (χ4n) is 12.5. The summed E-state index contributed by atoms with van der Waals surface area (Å²) in [6, 6.07) is 12.6. The minimum absolute atomic E-state index is 0.295. The van der Waals surface area contributed by atoms with Crippen molar-refractivity contribution in [2.75, 3.05) is 19.6 Å². The van der Waals surface area contributed by atoms with E-state index in [1.54, 1.807) is 27.3 Å². The summed E-state index contributed by atoms with van der Waals surface area (Å²) in [7, 11) is 1.58. The van der Waals surface area contributed by atoms with E-state index in [2.05, 4.69) is 177 Å². The topological polar surface area (TPSA) is 3.88 Å². The van der Waals surface area contributed by atoms with Gasteiger partial charge in [-0.25, -0.2) is 0 Å². The third-order valence-corrected chi connectivity index (χ3v) is 17.6. The number of allylic oxidation sites excluding steroid dienone is 12. The first-order chi connectivity index (χ1) is 26.3. The molecule has 0 saturated heterocycles. The van der Waals surface area contributed by atoms with Crippen LogP contribution in [-0.4, -0.2) is 30.1 Å². The first-order valence-electron chi connectivity index (χ1n) is 21.0. The number of nitrogens with zero attached hydrogens (tertiary/aromatic N) is 2. The second-order valence-electron chi connectivity index (χ2n) is 19.3. The van der Waals surface area contributed by atoms with E-state index in [9.17, 15) is 0 Å². The fourth-order valence-corrected chi connectivity index (χ4v) is 14.9. The van der Waals surface area contributed by atoms with Gasteiger partial charge in [-0.15, -0.1) is 0 Å². The average Bonchev–Trinajstić information content (AvgIpc) is 3.73. The lowest BCUT2D eigenvalue weighted by molar-refractivity contribution is -0.829. The summed E-state index contributed by atoms with van der Waals surface area (Å²) in [5, 5.41) is 0. The largest absolute Gasteiger partial charge is 0.257 e. The van der Waals surface area contributed by atoms with E-state index in [1.807, 2.05) is 0 Å². The molecular formula is C51H59IN2S+2. The van der Waals surface area contributed by atoms with Crippen LogP contribution in [0.25, 0.3) is 11.3 Å². The van der Waals surface area contributed by atoms with Crippen LogP contribution in [0.5, 0.6) is 0 Å². The standard InChI is InChI=1S/C51H59IN2S/c1-29(2)23-35-25-43-37-17-13-14-18-38(37)48-49(50(48)53(43)27-45(35)55(8,9)52)51-40-22-21-39-36-20-19-34(33-15-11-10-12-16-33)24-42(36)32(6)46(39)47(40)44-26-41(30(3)4)31(5)28-54(44,51)7/h10-15,17-22,25-30,33-34,36,39,42,44,46,48,50H,6,16,23-24H2,1-5,7-9H3/q+2/b51-49-. The highest BCUT2D eigenvalue weighted by Gasteiger charge is 2.67. The summed E-state index contributed by atoms with van der Waals surface area (Å²) in [6.07, 6.45) is 36.2. The molecule has 0 bridgehead atoms. The zero-order chi connectivity index (χ0) is 38.3. The van der Waals surface area contributed by atoms with Crippen LogP contribution >= 0.6 is 28.4 Å². The minimum atomic E-state index is -0.972. The molecule has 55 heavy (non-hydrogen) atoms. The molecular weight excluding hydrogens is 800 g/mol. The average molecular weight is 859 g/mol. The number of benzene rings is 1. The Hall–Kier alpha value is -2.93. The van der Waals surface area contributed by atoms with Gasteiger partial charge in [-0.1, -0.05) is 107 Å². The lowest BCUT2D eigenvalue weighted by atomic mass is 9.71. The second kappa shape index (κ2) is 12.8. The number of likely N-dealkylation sites (N-methyl/N-ethyl adjacent to an activating group) is 1. The molecule has 4 heteroatoms. The van der Waals surface area contributed by atoms with Crippen molar-refractivity contribution in [2.45, 2.75) is 76.8 Å². The van der Waals surface area contributed by atoms with Crippen LogP contribution in [-0.2, 0) is 6.42 Å². The predicted molar refractivity (Wildman–Crippen MR) is 241 cm³/mol. The molecule has 10 rings (SSSR count). The highest BCUT2D eigenvalue weighted by Crippen LogP contribution is 2.68. The van der Waals surface area contributed by atoms with Crippen molar-refractivity contribution in [1.82, 2.24) is 0 Å². The summed E-state index contributed by atoms with van der Waals surface area (Å²) in [5.74, 6) is 4.67. The van der Waals surface area contributed by atoms with E-state index in [0.717, 1.165) is 17.3 Å². The highest BCUT2D eigenvalue weighted by atomic mass is 127. The van der Waals surface area contributed by atoms with Crippen LogP contribution in [0, 0.1) is 47.3 Å². The molecule has 4 heterocycles. The number of halogens is 1. The molecule has 10 unspecified atom stereocenters. The van der Waals surface area contributed by atoms with Crippen LogP contribution in [0.2, 0.25) is 0 Å². The number of fused-ring (bicyclic) bond motifs is 12. The maximum Gasteiger partial charge on any atom is 0.213 e. The van der Waals surface area contributed by atoms with Crippen LogP contribution in [0.3, 0.4) is 0 Å². The molecule has 8 aliphatic rings. The molecule has 5 aliphatic carbocycles. The first kappa shape index (κ1) is 36.4. The van der Waals surface area contributed by atoms with E-state index in [0.29, 0.717) is 65.3 Å². The van der Waals surface area contributed by atoms with E-state index >= 15 is 0 Å². The fraction of sp³-hybridized carbons (Fsp3) is 0.431.